The summed E-state index contributed by atoms with van der Waals surface area (Å²) in [7, 11) is 0. The zero-order chi connectivity index (χ0) is 49.9. The van der Waals surface area contributed by atoms with E-state index in [9.17, 15) is 1.37 Å². The van der Waals surface area contributed by atoms with Gasteiger partial charge >= 0.3 is 0 Å². The molecule has 0 atom stereocenters. The predicted molar refractivity (Wildman–Crippen MR) is 276 cm³/mol. The van der Waals surface area contributed by atoms with E-state index in [1.807, 2.05) is 84.9 Å². The maximum absolute atomic E-state index is 9.37. The van der Waals surface area contributed by atoms with Crippen molar-refractivity contribution in [1.29, 1.82) is 0 Å². The fourth-order valence-electron chi connectivity index (χ4n) is 8.92. The van der Waals surface area contributed by atoms with E-state index < -0.39 is 36.3 Å². The van der Waals surface area contributed by atoms with Crippen molar-refractivity contribution in [1.82, 2.24) is 15.0 Å². The number of hydrogen-bond donors (Lipinski definition) is 0. The Morgan fingerprint density at radius 3 is 1.38 bits per heavy atom. The molecule has 308 valence electrons. The Labute approximate surface area is 393 Å². The van der Waals surface area contributed by atoms with Gasteiger partial charge in [0.15, 0.2) is 17.5 Å². The average Bonchev–Trinajstić information content (AvgIpc) is 3.45. The van der Waals surface area contributed by atoms with E-state index >= 15 is 0 Å². The van der Waals surface area contributed by atoms with E-state index in [2.05, 4.69) is 115 Å². The van der Waals surface area contributed by atoms with Crippen LogP contribution in [0.15, 0.2) is 249 Å². The summed E-state index contributed by atoms with van der Waals surface area (Å²) in [5.41, 5.74) is 10.8. The van der Waals surface area contributed by atoms with Crippen LogP contribution in [0.5, 0.6) is 0 Å². The van der Waals surface area contributed by atoms with E-state index in [-0.39, 0.29) is 22.4 Å². The van der Waals surface area contributed by atoms with Gasteiger partial charge in [-0.05, 0) is 118 Å². The summed E-state index contributed by atoms with van der Waals surface area (Å²) in [5, 5.41) is 4.21. The first-order valence-electron chi connectivity index (χ1n) is 25.3. The van der Waals surface area contributed by atoms with Crippen LogP contribution in [0.1, 0.15) is 9.60 Å². The Bertz CT molecular complexity index is 4140. The van der Waals surface area contributed by atoms with Gasteiger partial charge in [-0.1, -0.05) is 218 Å². The molecule has 0 saturated heterocycles. The molecule has 1 heterocycles. The monoisotopic (exact) mass is 846 g/mol. The van der Waals surface area contributed by atoms with Crippen molar-refractivity contribution >= 4 is 32.3 Å². The quantitative estimate of drug-likeness (QED) is 0.153. The van der Waals surface area contributed by atoms with Gasteiger partial charge in [-0.25, -0.2) is 15.0 Å². The van der Waals surface area contributed by atoms with E-state index in [0.717, 1.165) is 71.6 Å². The summed E-state index contributed by atoms with van der Waals surface area (Å²) in [4.78, 5) is 15.4. The van der Waals surface area contributed by atoms with Gasteiger partial charge in [0.1, 0.15) is 0 Å². The first-order valence-corrected chi connectivity index (χ1v) is 21.8. The molecule has 3 nitrogen and oxygen atoms in total. The van der Waals surface area contributed by atoms with Gasteiger partial charge in [-0.15, -0.1) is 0 Å². The minimum absolute atomic E-state index is 0.00413. The molecule has 66 heavy (non-hydrogen) atoms. The van der Waals surface area contributed by atoms with E-state index in [0.29, 0.717) is 34.2 Å². The molecule has 0 aliphatic rings. The Morgan fingerprint density at radius 1 is 0.258 bits per heavy atom. The van der Waals surface area contributed by atoms with E-state index in [1.165, 1.54) is 0 Å². The lowest BCUT2D eigenvalue weighted by atomic mass is 9.91. The number of fused-ring (bicyclic) bond motifs is 3. The van der Waals surface area contributed by atoms with Crippen LogP contribution in [0.4, 0.5) is 0 Å². The second-order valence-electron chi connectivity index (χ2n) is 16.3. The highest BCUT2D eigenvalue weighted by atomic mass is 15.0. The molecule has 11 aromatic carbocycles. The van der Waals surface area contributed by atoms with Gasteiger partial charge in [0.2, 0.25) is 0 Å². The summed E-state index contributed by atoms with van der Waals surface area (Å²) < 4.78 is 62.4. The van der Waals surface area contributed by atoms with Gasteiger partial charge < -0.3 is 0 Å². The fraction of sp³-hybridized carbons (Fsp3) is 0. The second kappa shape index (κ2) is 16.7. The highest BCUT2D eigenvalue weighted by molar-refractivity contribution is 6.06. The molecule has 0 aliphatic heterocycles. The van der Waals surface area contributed by atoms with E-state index in [4.69, 9.17) is 23.2 Å². The molecule has 0 radical (unpaired) electrons. The standard InChI is InChI=1S/C63H41N3/c1-4-15-42(16-5-1)49-33-34-51-38-52(36-35-50(51)37-49)53-39-54(57-26-12-22-43-19-10-11-25-56(43)57)41-55(40-53)63-65-61(47-20-8-3-9-21-47)64-62(66-63)48-31-29-45(30-32-48)59-28-14-24-46-23-13-27-58(60(46)59)44-17-6-2-7-18-44/h1-41H/i10D,11D,12D,19D,22D,25D,26D. The number of benzene rings is 11. The van der Waals surface area contributed by atoms with Crippen molar-refractivity contribution < 1.29 is 9.60 Å². The first-order chi connectivity index (χ1) is 35.6. The zero-order valence-electron chi connectivity index (χ0n) is 42.5. The molecule has 0 N–H and O–H groups in total. The van der Waals surface area contributed by atoms with E-state index in [1.54, 1.807) is 6.07 Å². The molecule has 0 bridgehead atoms. The number of aromatic nitrogens is 3. The Balaban J connectivity index is 1.06. The minimum atomic E-state index is -0.511. The van der Waals surface area contributed by atoms with Gasteiger partial charge in [-0.3, -0.25) is 0 Å². The SMILES string of the molecule is [2H]c1c([2H])c([2H])c2c(-c3cc(-c4ccc5cc(-c6ccccc6)ccc5c4)cc(-c4nc(-c5ccccc5)nc(-c5ccc(-c6cccc7cccc(-c8ccccc8)c67)cc5)n4)c3)c([2H])c([2H])c([2H])c2c1[2H]. The highest BCUT2D eigenvalue weighted by Gasteiger charge is 2.17. The Kier molecular flexibility index (Phi) is 8.10. The van der Waals surface area contributed by atoms with Gasteiger partial charge in [0.05, 0.1) is 9.60 Å². The molecule has 0 unspecified atom stereocenters. The summed E-state index contributed by atoms with van der Waals surface area (Å²) in [5.74, 6) is 1.19. The lowest BCUT2D eigenvalue weighted by molar-refractivity contribution is 1.07. The second-order valence-corrected chi connectivity index (χ2v) is 16.3. The smallest absolute Gasteiger partial charge is 0.164 e. The maximum atomic E-state index is 9.37. The maximum Gasteiger partial charge on any atom is 0.164 e. The Hall–Kier alpha value is -8.79. The average molecular weight is 847 g/mol. The molecule has 0 aliphatic carbocycles. The third-order valence-electron chi connectivity index (χ3n) is 12.2. The molecular weight excluding hydrogens is 799 g/mol. The van der Waals surface area contributed by atoms with Crippen molar-refractivity contribution in [3.63, 3.8) is 0 Å². The van der Waals surface area contributed by atoms with Crippen molar-refractivity contribution in [2.75, 3.05) is 0 Å². The van der Waals surface area contributed by atoms with Gasteiger partial charge in [-0.2, -0.15) is 0 Å². The number of nitrogens with zero attached hydrogens (tertiary/aromatic N) is 3. The minimum Gasteiger partial charge on any atom is -0.208 e. The van der Waals surface area contributed by atoms with Crippen molar-refractivity contribution in [3.05, 3.63) is 249 Å². The van der Waals surface area contributed by atoms with Crippen LogP contribution < -0.4 is 0 Å². The largest absolute Gasteiger partial charge is 0.208 e. The summed E-state index contributed by atoms with van der Waals surface area (Å²) in [6.07, 6.45) is 0. The third-order valence-corrected chi connectivity index (χ3v) is 12.2. The van der Waals surface area contributed by atoms with Crippen molar-refractivity contribution in [3.8, 4) is 89.8 Å². The van der Waals surface area contributed by atoms with Crippen LogP contribution in [0.2, 0.25) is 0 Å². The van der Waals surface area contributed by atoms with Crippen LogP contribution in [0.25, 0.3) is 122 Å². The molecule has 12 rings (SSSR count). The lowest BCUT2D eigenvalue weighted by Crippen LogP contribution is -2.00. The summed E-state index contributed by atoms with van der Waals surface area (Å²) in [6, 6.07) is 66.5. The molecule has 0 saturated carbocycles. The molecule has 0 amide bonds. The van der Waals surface area contributed by atoms with Gasteiger partial charge in [0.25, 0.3) is 0 Å². The van der Waals surface area contributed by atoms with Crippen LogP contribution in [0.3, 0.4) is 0 Å². The molecule has 0 fully saturated rings. The number of hydrogen-bond acceptors (Lipinski definition) is 3. The van der Waals surface area contributed by atoms with Crippen LogP contribution in [-0.4, -0.2) is 15.0 Å². The summed E-state index contributed by atoms with van der Waals surface area (Å²) >= 11 is 0. The third kappa shape index (κ3) is 7.39. The predicted octanol–water partition coefficient (Wildman–Crippen LogP) is 16.7. The van der Waals surface area contributed by atoms with Crippen LogP contribution in [0, 0.1) is 0 Å². The molecule has 12 aromatic rings. The molecular formula is C63H41N3. The Morgan fingerprint density at radius 2 is 0.727 bits per heavy atom. The summed E-state index contributed by atoms with van der Waals surface area (Å²) in [6.45, 7) is 0. The first kappa shape index (κ1) is 32.0. The van der Waals surface area contributed by atoms with Crippen molar-refractivity contribution in [2.24, 2.45) is 0 Å². The van der Waals surface area contributed by atoms with Crippen molar-refractivity contribution in [2.45, 2.75) is 0 Å². The number of rotatable bonds is 8. The normalized spacial score (nSPS) is 12.8. The van der Waals surface area contributed by atoms with Gasteiger partial charge in [0, 0.05) is 16.7 Å². The molecule has 1 aromatic heterocycles. The lowest BCUT2D eigenvalue weighted by Gasteiger charge is -2.15. The van der Waals surface area contributed by atoms with Crippen LogP contribution in [-0.2, 0) is 0 Å². The zero-order valence-corrected chi connectivity index (χ0v) is 35.5. The molecule has 0 spiro atoms. The topological polar surface area (TPSA) is 38.7 Å². The highest BCUT2D eigenvalue weighted by Crippen LogP contribution is 2.39. The van der Waals surface area contributed by atoms with Crippen LogP contribution >= 0.6 is 0 Å². The fourth-order valence-corrected chi connectivity index (χ4v) is 8.92. The molecule has 3 heteroatoms.